The molecule has 0 unspecified atom stereocenters. The highest BCUT2D eigenvalue weighted by atomic mass is 32.2. The molecule has 4 atom stereocenters. The predicted octanol–water partition coefficient (Wildman–Crippen LogP) is 6.15. The second-order valence-electron chi connectivity index (χ2n) is 13.0. The summed E-state index contributed by atoms with van der Waals surface area (Å²) in [5.41, 5.74) is -3.43. The Morgan fingerprint density at radius 3 is 1.77 bits per heavy atom. The van der Waals surface area contributed by atoms with Gasteiger partial charge in [-0.1, -0.05) is 26.0 Å². The number of imide groups is 1. The van der Waals surface area contributed by atoms with Crippen molar-refractivity contribution in [3.8, 4) is 0 Å². The van der Waals surface area contributed by atoms with E-state index >= 15 is 8.78 Å². The molecule has 0 aromatic heterocycles. The normalized spacial score (nSPS) is 27.8. The molecule has 2 bridgehead atoms. The Balaban J connectivity index is 1.62. The van der Waals surface area contributed by atoms with Crippen molar-refractivity contribution in [3.63, 3.8) is 0 Å². The van der Waals surface area contributed by atoms with Crippen LogP contribution in [0.5, 0.6) is 0 Å². The minimum absolute atomic E-state index is 0.0269. The van der Waals surface area contributed by atoms with Crippen LogP contribution in [0.4, 0.5) is 57.1 Å². The van der Waals surface area contributed by atoms with E-state index in [2.05, 4.69) is 0 Å². The minimum Gasteiger partial charge on any atom is -0.271 e. The molecule has 5 rings (SSSR count). The zero-order valence-corrected chi connectivity index (χ0v) is 25.2. The average Bonchev–Trinajstić information content (AvgIpc) is 3.52. The number of halogens is 13. The number of carbonyl (C=O) groups excluding carboxylic acids is 3. The maximum absolute atomic E-state index is 15.3. The monoisotopic (exact) mass is 734 g/mol. The SMILES string of the molecule is CC1(C)[C@H]2CC[C@@]13CS(=O)(=O)N(C(=O)[C@@H](CC(F)(F)C(F)(F)C(F)(F)C(F)(F)C(F)(F)C(F)(F)F)N1C(=O)c4ccccc4C1=O)[C@H]3C2. The molecule has 2 aliphatic carbocycles. The molecule has 48 heavy (non-hydrogen) atoms. The van der Waals surface area contributed by atoms with Crippen LogP contribution in [0.1, 0.15) is 60.2 Å². The second kappa shape index (κ2) is 9.98. The number of hydrogen-bond acceptors (Lipinski definition) is 5. The van der Waals surface area contributed by atoms with Crippen molar-refractivity contribution in [2.45, 2.75) is 87.4 Å². The quantitative estimate of drug-likeness (QED) is 0.236. The zero-order valence-electron chi connectivity index (χ0n) is 24.3. The molecule has 1 aromatic rings. The Kier molecular flexibility index (Phi) is 7.52. The van der Waals surface area contributed by atoms with E-state index in [-0.39, 0.29) is 23.1 Å². The molecule has 21 heteroatoms. The number of nitrogens with zero attached hydrogens (tertiary/aromatic N) is 2. The van der Waals surface area contributed by atoms with Gasteiger partial charge in [0.05, 0.1) is 22.9 Å². The Morgan fingerprint density at radius 1 is 0.833 bits per heavy atom. The highest BCUT2D eigenvalue weighted by Gasteiger charge is 2.91. The van der Waals surface area contributed by atoms with Crippen molar-refractivity contribution in [1.29, 1.82) is 0 Å². The zero-order chi connectivity index (χ0) is 36.6. The Bertz CT molecular complexity index is 1660. The molecular weight excluding hydrogens is 711 g/mol. The van der Waals surface area contributed by atoms with Gasteiger partial charge in [-0.25, -0.2) is 12.7 Å². The summed E-state index contributed by atoms with van der Waals surface area (Å²) >= 11 is 0. The summed E-state index contributed by atoms with van der Waals surface area (Å²) in [4.78, 5) is 39.9. The van der Waals surface area contributed by atoms with Crippen molar-refractivity contribution in [1.82, 2.24) is 9.21 Å². The maximum Gasteiger partial charge on any atom is 0.460 e. The summed E-state index contributed by atoms with van der Waals surface area (Å²) < 4.78 is 208. The molecule has 3 fully saturated rings. The molecule has 1 aromatic carbocycles. The van der Waals surface area contributed by atoms with E-state index in [1.807, 2.05) is 0 Å². The number of alkyl halides is 13. The van der Waals surface area contributed by atoms with Crippen LogP contribution in [0.15, 0.2) is 24.3 Å². The fourth-order valence-electron chi connectivity index (χ4n) is 7.68. The van der Waals surface area contributed by atoms with Crippen molar-refractivity contribution < 1.29 is 79.9 Å². The molecule has 0 N–H and O–H groups in total. The van der Waals surface area contributed by atoms with Crippen molar-refractivity contribution in [3.05, 3.63) is 35.4 Å². The van der Waals surface area contributed by atoms with E-state index in [0.29, 0.717) is 6.42 Å². The van der Waals surface area contributed by atoms with Gasteiger partial charge in [-0.3, -0.25) is 19.3 Å². The van der Waals surface area contributed by atoms with Crippen molar-refractivity contribution in [2.75, 3.05) is 5.75 Å². The van der Waals surface area contributed by atoms with E-state index < -0.39 is 115 Å². The van der Waals surface area contributed by atoms with Gasteiger partial charge in [0.2, 0.25) is 10.0 Å². The fraction of sp³-hybridized carbons (Fsp3) is 0.667. The summed E-state index contributed by atoms with van der Waals surface area (Å²) in [5.74, 6) is -45.9. The molecule has 268 valence electrons. The van der Waals surface area contributed by atoms with E-state index in [4.69, 9.17) is 0 Å². The lowest BCUT2D eigenvalue weighted by Crippen LogP contribution is -2.70. The summed E-state index contributed by atoms with van der Waals surface area (Å²) in [6, 6.07) is -0.925. The molecule has 3 amide bonds. The van der Waals surface area contributed by atoms with Crippen LogP contribution in [-0.4, -0.2) is 89.0 Å². The van der Waals surface area contributed by atoms with Gasteiger partial charge in [0.1, 0.15) is 6.04 Å². The van der Waals surface area contributed by atoms with E-state index in [1.165, 1.54) is 0 Å². The van der Waals surface area contributed by atoms with Crippen LogP contribution in [-0.2, 0) is 14.8 Å². The smallest absolute Gasteiger partial charge is 0.271 e. The topological polar surface area (TPSA) is 91.8 Å². The highest BCUT2D eigenvalue weighted by Crippen LogP contribution is 2.70. The second-order valence-corrected chi connectivity index (χ2v) is 14.8. The van der Waals surface area contributed by atoms with Crippen LogP contribution in [0.2, 0.25) is 0 Å². The highest BCUT2D eigenvalue weighted by molar-refractivity contribution is 7.90. The number of sulfonamides is 1. The number of fused-ring (bicyclic) bond motifs is 2. The molecule has 2 saturated carbocycles. The Labute approximate surface area is 262 Å². The van der Waals surface area contributed by atoms with Crippen molar-refractivity contribution >= 4 is 27.7 Å². The standard InChI is InChI=1S/C27H23F13N2O5S/c1-20(2)12-7-8-21(20)11-48(46,47)42(16(21)9-12)19(45)15(41-17(43)13-5-3-4-6-14(13)18(41)44)10-22(28,29)23(30,31)24(32,33)25(34,35)26(36,37)27(38,39)40/h3-6,12,15-16H,7-11H2,1-2H3/t12-,15+,16-,21-/m0/s1. The number of carbonyl (C=O) groups is 3. The van der Waals surface area contributed by atoms with Gasteiger partial charge in [-0.05, 0) is 42.7 Å². The molecule has 4 aliphatic rings. The number of benzene rings is 1. The van der Waals surface area contributed by atoms with Crippen LogP contribution in [0, 0.1) is 16.7 Å². The van der Waals surface area contributed by atoms with Gasteiger partial charge in [0.25, 0.3) is 17.7 Å². The van der Waals surface area contributed by atoms with Gasteiger partial charge in [-0.2, -0.15) is 57.1 Å². The van der Waals surface area contributed by atoms with Crippen LogP contribution >= 0.6 is 0 Å². The van der Waals surface area contributed by atoms with Gasteiger partial charge < -0.3 is 0 Å². The molecule has 7 nitrogen and oxygen atoms in total. The number of hydrogen-bond donors (Lipinski definition) is 0. The summed E-state index contributed by atoms with van der Waals surface area (Å²) in [6.07, 6.45) is -10.5. The summed E-state index contributed by atoms with van der Waals surface area (Å²) in [7, 11) is -4.91. The van der Waals surface area contributed by atoms with Crippen LogP contribution < -0.4 is 0 Å². The predicted molar refractivity (Wildman–Crippen MR) is 134 cm³/mol. The Morgan fingerprint density at radius 2 is 1.31 bits per heavy atom. The first kappa shape index (κ1) is 36.2. The first-order chi connectivity index (χ1) is 21.5. The third-order valence-corrected chi connectivity index (χ3v) is 12.4. The molecular formula is C27H23F13N2O5S. The summed E-state index contributed by atoms with van der Waals surface area (Å²) in [6.45, 7) is 3.28. The average molecular weight is 735 g/mol. The lowest BCUT2D eigenvalue weighted by atomic mass is 9.69. The summed E-state index contributed by atoms with van der Waals surface area (Å²) in [5, 5.41) is 0. The van der Waals surface area contributed by atoms with E-state index in [9.17, 15) is 71.1 Å². The molecule has 2 aliphatic heterocycles. The van der Waals surface area contributed by atoms with Crippen LogP contribution in [0.3, 0.4) is 0 Å². The Hall–Kier alpha value is -3.13. The first-order valence-corrected chi connectivity index (χ1v) is 15.6. The van der Waals surface area contributed by atoms with E-state index in [1.54, 1.807) is 13.8 Å². The lowest BCUT2D eigenvalue weighted by Gasteiger charge is -2.41. The van der Waals surface area contributed by atoms with Gasteiger partial charge in [0.15, 0.2) is 0 Å². The molecule has 1 saturated heterocycles. The molecule has 1 spiro atoms. The van der Waals surface area contributed by atoms with Crippen LogP contribution in [0.25, 0.3) is 0 Å². The fourth-order valence-corrected chi connectivity index (χ4v) is 10.2. The van der Waals surface area contributed by atoms with Gasteiger partial charge >= 0.3 is 35.8 Å². The lowest BCUT2D eigenvalue weighted by molar-refractivity contribution is -0.440. The largest absolute Gasteiger partial charge is 0.460 e. The third-order valence-electron chi connectivity index (χ3n) is 10.5. The minimum atomic E-state index is -8.24. The number of amides is 3. The van der Waals surface area contributed by atoms with E-state index in [0.717, 1.165) is 24.3 Å². The van der Waals surface area contributed by atoms with Gasteiger partial charge in [-0.15, -0.1) is 0 Å². The van der Waals surface area contributed by atoms with Crippen molar-refractivity contribution in [2.24, 2.45) is 16.7 Å². The van der Waals surface area contributed by atoms with Gasteiger partial charge in [0, 0.05) is 11.8 Å². The first-order valence-electron chi connectivity index (χ1n) is 13.9. The third kappa shape index (κ3) is 4.26. The molecule has 0 radical (unpaired) electrons. The maximum atomic E-state index is 15.3. The molecule has 2 heterocycles. The number of rotatable bonds is 8.